The van der Waals surface area contributed by atoms with Crippen LogP contribution in [0.15, 0.2) is 28.7 Å². The van der Waals surface area contributed by atoms with Gasteiger partial charge in [0.15, 0.2) is 6.10 Å². The fourth-order valence-corrected chi connectivity index (χ4v) is 2.42. The molecule has 0 bridgehead atoms. The van der Waals surface area contributed by atoms with Crippen LogP contribution < -0.4 is 0 Å². The van der Waals surface area contributed by atoms with Gasteiger partial charge in [-0.2, -0.15) is 0 Å². The van der Waals surface area contributed by atoms with Gasteiger partial charge < -0.3 is 14.7 Å². The highest BCUT2D eigenvalue weighted by Gasteiger charge is 2.40. The number of carboxylic acid groups (broad SMARTS) is 1. The summed E-state index contributed by atoms with van der Waals surface area (Å²) in [7, 11) is 1.59. The summed E-state index contributed by atoms with van der Waals surface area (Å²) in [5.41, 5.74) is 0.729. The summed E-state index contributed by atoms with van der Waals surface area (Å²) < 4.78 is 5.95. The van der Waals surface area contributed by atoms with Gasteiger partial charge in [-0.1, -0.05) is 28.1 Å². The number of morpholine rings is 1. The standard InChI is InChI=1S/C12H12BrNO4/c1-14-9(15)6-18-11(12(16)17)10(14)7-3-2-4-8(13)5-7/h2-5,10-11H,6H2,1H3,(H,16,17). The largest absolute Gasteiger partial charge is 0.479 e. The zero-order chi connectivity index (χ0) is 13.3. The fourth-order valence-electron chi connectivity index (χ4n) is 2.01. The highest BCUT2D eigenvalue weighted by atomic mass is 79.9. The van der Waals surface area contributed by atoms with Crippen LogP contribution in [0, 0.1) is 0 Å². The molecule has 0 aliphatic carbocycles. The Kier molecular flexibility index (Phi) is 3.68. The molecule has 18 heavy (non-hydrogen) atoms. The molecule has 1 aliphatic rings. The molecule has 1 heterocycles. The van der Waals surface area contributed by atoms with E-state index in [-0.39, 0.29) is 12.5 Å². The second-order valence-electron chi connectivity index (χ2n) is 4.07. The van der Waals surface area contributed by atoms with E-state index >= 15 is 0 Å². The summed E-state index contributed by atoms with van der Waals surface area (Å²) in [5, 5.41) is 9.17. The van der Waals surface area contributed by atoms with Gasteiger partial charge >= 0.3 is 5.97 Å². The van der Waals surface area contributed by atoms with Crippen LogP contribution in [-0.4, -0.2) is 41.6 Å². The lowest BCUT2D eigenvalue weighted by Crippen LogP contribution is -2.50. The first kappa shape index (κ1) is 13.0. The molecule has 6 heteroatoms. The molecule has 1 aromatic rings. The number of rotatable bonds is 2. The van der Waals surface area contributed by atoms with Gasteiger partial charge in [-0.15, -0.1) is 0 Å². The van der Waals surface area contributed by atoms with Crippen molar-refractivity contribution in [2.24, 2.45) is 0 Å². The maximum atomic E-state index is 11.6. The highest BCUT2D eigenvalue weighted by Crippen LogP contribution is 2.30. The molecular weight excluding hydrogens is 302 g/mol. The molecule has 1 saturated heterocycles. The smallest absolute Gasteiger partial charge is 0.335 e. The minimum atomic E-state index is -1.07. The van der Waals surface area contributed by atoms with Crippen LogP contribution in [-0.2, 0) is 14.3 Å². The van der Waals surface area contributed by atoms with Crippen LogP contribution in [0.25, 0.3) is 0 Å². The zero-order valence-corrected chi connectivity index (χ0v) is 11.3. The Morgan fingerprint density at radius 3 is 2.89 bits per heavy atom. The molecule has 1 fully saturated rings. The van der Waals surface area contributed by atoms with Gasteiger partial charge in [-0.25, -0.2) is 4.79 Å². The average molecular weight is 314 g/mol. The van der Waals surface area contributed by atoms with Gasteiger partial charge in [0.2, 0.25) is 5.91 Å². The van der Waals surface area contributed by atoms with E-state index in [2.05, 4.69) is 15.9 Å². The molecule has 1 amide bonds. The summed E-state index contributed by atoms with van der Waals surface area (Å²) in [6.45, 7) is -0.196. The van der Waals surface area contributed by atoms with Crippen molar-refractivity contribution in [2.75, 3.05) is 13.7 Å². The van der Waals surface area contributed by atoms with E-state index in [4.69, 9.17) is 9.84 Å². The van der Waals surface area contributed by atoms with Crippen molar-refractivity contribution in [3.8, 4) is 0 Å². The van der Waals surface area contributed by atoms with Gasteiger partial charge in [0.1, 0.15) is 6.61 Å². The molecule has 2 rings (SSSR count). The van der Waals surface area contributed by atoms with Gasteiger partial charge in [-0.05, 0) is 17.7 Å². The molecule has 0 aromatic heterocycles. The Hall–Kier alpha value is -1.40. The number of likely N-dealkylation sites (N-methyl/N-ethyl adjacent to an activating group) is 1. The second-order valence-corrected chi connectivity index (χ2v) is 4.99. The summed E-state index contributed by atoms with van der Waals surface area (Å²) in [6, 6.07) is 6.60. The molecule has 0 spiro atoms. The van der Waals surface area contributed by atoms with Crippen LogP contribution in [0.3, 0.4) is 0 Å². The van der Waals surface area contributed by atoms with E-state index < -0.39 is 18.1 Å². The van der Waals surface area contributed by atoms with Crippen molar-refractivity contribution in [2.45, 2.75) is 12.1 Å². The molecule has 96 valence electrons. The van der Waals surface area contributed by atoms with Gasteiger partial charge in [0, 0.05) is 11.5 Å². The van der Waals surface area contributed by atoms with Gasteiger partial charge in [0.05, 0.1) is 6.04 Å². The van der Waals surface area contributed by atoms with Gasteiger partial charge in [-0.3, -0.25) is 4.79 Å². The first-order valence-electron chi connectivity index (χ1n) is 5.36. The number of hydrogen-bond donors (Lipinski definition) is 1. The van der Waals surface area contributed by atoms with Crippen molar-refractivity contribution in [3.05, 3.63) is 34.3 Å². The van der Waals surface area contributed by atoms with Crippen LogP contribution in [0.5, 0.6) is 0 Å². The van der Waals surface area contributed by atoms with E-state index in [0.29, 0.717) is 0 Å². The number of carbonyl (C=O) groups is 2. The van der Waals surface area contributed by atoms with Crippen molar-refractivity contribution in [1.82, 2.24) is 4.90 Å². The number of ether oxygens (including phenoxy) is 1. The number of halogens is 1. The van der Waals surface area contributed by atoms with Crippen molar-refractivity contribution in [1.29, 1.82) is 0 Å². The van der Waals surface area contributed by atoms with Crippen LogP contribution >= 0.6 is 15.9 Å². The van der Waals surface area contributed by atoms with Crippen molar-refractivity contribution in [3.63, 3.8) is 0 Å². The number of amides is 1. The Morgan fingerprint density at radius 2 is 2.28 bits per heavy atom. The lowest BCUT2D eigenvalue weighted by atomic mass is 9.98. The molecule has 1 N–H and O–H groups in total. The monoisotopic (exact) mass is 313 g/mol. The minimum Gasteiger partial charge on any atom is -0.479 e. The predicted octanol–water partition coefficient (Wildman–Crippen LogP) is 1.43. The zero-order valence-electron chi connectivity index (χ0n) is 9.67. The van der Waals surface area contributed by atoms with Crippen LogP contribution in [0.2, 0.25) is 0 Å². The summed E-state index contributed by atoms with van der Waals surface area (Å²) in [6.07, 6.45) is -1.04. The molecular formula is C12H12BrNO4. The van der Waals surface area contributed by atoms with E-state index in [1.165, 1.54) is 4.90 Å². The van der Waals surface area contributed by atoms with E-state index in [1.54, 1.807) is 25.2 Å². The fraction of sp³-hybridized carbons (Fsp3) is 0.333. The average Bonchev–Trinajstić information content (AvgIpc) is 2.32. The van der Waals surface area contributed by atoms with E-state index in [1.807, 2.05) is 6.07 Å². The predicted molar refractivity (Wildman–Crippen MR) is 67.0 cm³/mol. The number of carbonyl (C=O) groups excluding carboxylic acids is 1. The minimum absolute atomic E-state index is 0.196. The topological polar surface area (TPSA) is 66.8 Å². The Labute approximate surface area is 112 Å². The molecule has 2 unspecified atom stereocenters. The summed E-state index contributed by atoms with van der Waals surface area (Å²) in [5.74, 6) is -1.29. The van der Waals surface area contributed by atoms with E-state index in [9.17, 15) is 9.59 Å². The van der Waals surface area contributed by atoms with E-state index in [0.717, 1.165) is 10.0 Å². The quantitative estimate of drug-likeness (QED) is 0.897. The lowest BCUT2D eigenvalue weighted by molar-refractivity contribution is -0.171. The Balaban J connectivity index is 2.41. The maximum Gasteiger partial charge on any atom is 0.335 e. The lowest BCUT2D eigenvalue weighted by Gasteiger charge is -2.37. The summed E-state index contributed by atoms with van der Waals surface area (Å²) >= 11 is 3.33. The number of benzene rings is 1. The molecule has 0 radical (unpaired) electrons. The first-order valence-corrected chi connectivity index (χ1v) is 6.15. The first-order chi connectivity index (χ1) is 8.50. The van der Waals surface area contributed by atoms with Gasteiger partial charge in [0.25, 0.3) is 0 Å². The number of aliphatic carboxylic acids is 1. The number of nitrogens with zero attached hydrogens (tertiary/aromatic N) is 1. The highest BCUT2D eigenvalue weighted by molar-refractivity contribution is 9.10. The molecule has 2 atom stereocenters. The summed E-state index contributed by atoms with van der Waals surface area (Å²) in [4.78, 5) is 24.2. The number of carboxylic acids is 1. The van der Waals surface area contributed by atoms with Crippen molar-refractivity contribution >= 4 is 27.8 Å². The normalized spacial score (nSPS) is 24.1. The maximum absolute atomic E-state index is 11.6. The number of hydrogen-bond acceptors (Lipinski definition) is 3. The third-order valence-electron chi connectivity index (χ3n) is 2.92. The van der Waals surface area contributed by atoms with Crippen molar-refractivity contribution < 1.29 is 19.4 Å². The SMILES string of the molecule is CN1C(=O)COC(C(=O)O)C1c1cccc(Br)c1. The Bertz CT molecular complexity index is 491. The third kappa shape index (κ3) is 2.39. The van der Waals surface area contributed by atoms with Crippen LogP contribution in [0.1, 0.15) is 11.6 Å². The Morgan fingerprint density at radius 1 is 1.56 bits per heavy atom. The molecule has 5 nitrogen and oxygen atoms in total. The third-order valence-corrected chi connectivity index (χ3v) is 3.41. The second kappa shape index (κ2) is 5.07. The van der Waals surface area contributed by atoms with Crippen LogP contribution in [0.4, 0.5) is 0 Å². The molecule has 1 aromatic carbocycles. The molecule has 1 aliphatic heterocycles. The molecule has 0 saturated carbocycles.